The quantitative estimate of drug-likeness (QED) is 0.211. The summed E-state index contributed by atoms with van der Waals surface area (Å²) in [5, 5.41) is 11.0. The van der Waals surface area contributed by atoms with Crippen LogP contribution in [0.3, 0.4) is 0 Å². The van der Waals surface area contributed by atoms with Crippen molar-refractivity contribution in [3.8, 4) is 5.75 Å². The topological polar surface area (TPSA) is 175 Å². The fraction of sp³-hybridized carbons (Fsp3) is 0.333. The van der Waals surface area contributed by atoms with Crippen molar-refractivity contribution in [2.24, 2.45) is 10.7 Å². The number of carbonyl (C=O) groups excluding carboxylic acids is 1. The predicted molar refractivity (Wildman–Crippen MR) is 119 cm³/mol. The van der Waals surface area contributed by atoms with E-state index < -0.39 is 5.91 Å². The van der Waals surface area contributed by atoms with Crippen LogP contribution in [0.2, 0.25) is 5.15 Å². The number of aryl methyl sites for hydroxylation is 1. The van der Waals surface area contributed by atoms with Gasteiger partial charge in [0.05, 0.1) is 6.61 Å². The number of nitrogens with two attached hydrogens (primary N) is 3. The molecule has 0 aliphatic carbocycles. The molecule has 1 heterocycles. The summed E-state index contributed by atoms with van der Waals surface area (Å²) in [5.41, 5.74) is 17.8. The summed E-state index contributed by atoms with van der Waals surface area (Å²) in [6.45, 7) is 0.716. The van der Waals surface area contributed by atoms with Crippen LogP contribution in [0, 0.1) is 0 Å². The van der Waals surface area contributed by atoms with Crippen LogP contribution in [-0.4, -0.2) is 46.7 Å². The van der Waals surface area contributed by atoms with Gasteiger partial charge in [0.15, 0.2) is 28.4 Å². The normalized spacial score (nSPS) is 10.9. The second-order valence-electron chi connectivity index (χ2n) is 6.03. The van der Waals surface area contributed by atoms with Crippen molar-refractivity contribution in [1.29, 1.82) is 0 Å². The number of anilines is 2. The second-order valence-corrected chi connectivity index (χ2v) is 6.39. The average molecular weight is 458 g/mol. The van der Waals surface area contributed by atoms with Crippen LogP contribution < -0.4 is 27.3 Å². The molecule has 0 radical (unpaired) electrons. The zero-order valence-electron chi connectivity index (χ0n) is 16.2. The van der Waals surface area contributed by atoms with Crippen molar-refractivity contribution in [2.45, 2.75) is 19.3 Å². The monoisotopic (exact) mass is 457 g/mol. The fourth-order valence-electron chi connectivity index (χ4n) is 2.38. The van der Waals surface area contributed by atoms with Crippen molar-refractivity contribution in [3.63, 3.8) is 0 Å². The highest BCUT2D eigenvalue weighted by Crippen LogP contribution is 2.17. The van der Waals surface area contributed by atoms with E-state index in [2.05, 4.69) is 20.3 Å². The van der Waals surface area contributed by atoms with Crippen LogP contribution in [0.25, 0.3) is 0 Å². The number of unbranched alkanes of at least 4 members (excludes halogenated alkanes) is 1. The van der Waals surface area contributed by atoms with Gasteiger partial charge in [-0.25, -0.2) is 9.97 Å². The Labute approximate surface area is 185 Å². The maximum absolute atomic E-state index is 12.1. The Kier molecular flexibility index (Phi) is 10.7. The van der Waals surface area contributed by atoms with Gasteiger partial charge in [0.2, 0.25) is 0 Å². The molecule has 2 aromatic rings. The Bertz CT molecular complexity index is 864. The van der Waals surface area contributed by atoms with Crippen LogP contribution in [0.15, 0.2) is 29.3 Å². The van der Waals surface area contributed by atoms with Crippen molar-refractivity contribution in [3.05, 3.63) is 40.7 Å². The molecule has 1 aromatic carbocycles. The molecular formula is C18H25Cl2N7O3. The molecule has 0 bridgehead atoms. The lowest BCUT2D eigenvalue weighted by Gasteiger charge is -2.07. The Morgan fingerprint density at radius 2 is 1.87 bits per heavy atom. The zero-order chi connectivity index (χ0) is 21.2. The number of rotatable bonds is 9. The third kappa shape index (κ3) is 7.90. The number of ether oxygens (including phenoxy) is 1. The third-order valence-corrected chi connectivity index (χ3v) is 4.08. The number of guanidine groups is 1. The molecular weight excluding hydrogens is 433 g/mol. The summed E-state index contributed by atoms with van der Waals surface area (Å²) in [6.07, 6.45) is 2.56. The molecule has 10 nitrogen and oxygen atoms in total. The van der Waals surface area contributed by atoms with E-state index in [-0.39, 0.29) is 54.1 Å². The Balaban J connectivity index is 0.00000450. The standard InChI is InChI=1S/C18H24ClN7O3.ClH/c19-14-16(21)25-15(20)13(24-14)17(28)26-18(22)23-8-2-1-3-11-4-6-12(7-5-11)29-10-9-27;/h4-7,27H,1-3,8-10H2,(H4,20,21,25)(H3,22,23,26,28);1H. The molecule has 0 saturated heterocycles. The smallest absolute Gasteiger partial charge is 0.280 e. The first-order valence-electron chi connectivity index (χ1n) is 8.93. The lowest BCUT2D eigenvalue weighted by Crippen LogP contribution is -2.38. The molecule has 1 amide bonds. The summed E-state index contributed by atoms with van der Waals surface area (Å²) in [5.74, 6) is -0.195. The number of nitrogens with zero attached hydrogens (tertiary/aromatic N) is 3. The number of carbonyl (C=O) groups is 1. The van der Waals surface area contributed by atoms with E-state index in [0.717, 1.165) is 25.0 Å². The number of aliphatic imine (C=N–C) groups is 1. The lowest BCUT2D eigenvalue weighted by atomic mass is 10.1. The number of nitrogen functional groups attached to an aromatic ring is 2. The average Bonchev–Trinajstić information content (AvgIpc) is 2.69. The van der Waals surface area contributed by atoms with E-state index in [1.807, 2.05) is 24.3 Å². The van der Waals surface area contributed by atoms with Gasteiger partial charge in [0.25, 0.3) is 5.91 Å². The van der Waals surface area contributed by atoms with Gasteiger partial charge in [-0.15, -0.1) is 12.4 Å². The number of aliphatic hydroxyl groups excluding tert-OH is 1. The number of aliphatic hydroxyl groups is 1. The number of benzene rings is 1. The molecule has 0 spiro atoms. The molecule has 8 N–H and O–H groups in total. The summed E-state index contributed by atoms with van der Waals surface area (Å²) >= 11 is 5.75. The molecule has 0 saturated carbocycles. The van der Waals surface area contributed by atoms with E-state index in [1.165, 1.54) is 5.56 Å². The molecule has 0 aliphatic rings. The van der Waals surface area contributed by atoms with Gasteiger partial charge in [-0.1, -0.05) is 23.7 Å². The Morgan fingerprint density at radius 1 is 1.17 bits per heavy atom. The van der Waals surface area contributed by atoms with Gasteiger partial charge in [0, 0.05) is 6.54 Å². The maximum Gasteiger partial charge on any atom is 0.280 e. The summed E-state index contributed by atoms with van der Waals surface area (Å²) < 4.78 is 5.32. The molecule has 12 heteroatoms. The van der Waals surface area contributed by atoms with E-state index in [4.69, 9.17) is 38.6 Å². The van der Waals surface area contributed by atoms with Crippen molar-refractivity contribution >= 4 is 47.5 Å². The molecule has 30 heavy (non-hydrogen) atoms. The van der Waals surface area contributed by atoms with Crippen LogP contribution in [0.1, 0.15) is 28.9 Å². The molecule has 0 unspecified atom stereocenters. The first-order valence-corrected chi connectivity index (χ1v) is 9.31. The lowest BCUT2D eigenvalue weighted by molar-refractivity contribution is 0.0972. The molecule has 2 rings (SSSR count). The second kappa shape index (κ2) is 12.7. The van der Waals surface area contributed by atoms with Gasteiger partial charge in [-0.2, -0.15) is 0 Å². The number of aromatic nitrogens is 2. The number of hydrogen-bond acceptors (Lipinski definition) is 8. The van der Waals surface area contributed by atoms with Crippen molar-refractivity contribution < 1.29 is 14.6 Å². The van der Waals surface area contributed by atoms with Gasteiger partial charge in [-0.3, -0.25) is 15.1 Å². The van der Waals surface area contributed by atoms with E-state index in [0.29, 0.717) is 6.54 Å². The Hall–Kier alpha value is -2.82. The molecule has 0 atom stereocenters. The zero-order valence-corrected chi connectivity index (χ0v) is 17.7. The highest BCUT2D eigenvalue weighted by Gasteiger charge is 2.16. The first kappa shape index (κ1) is 25.2. The number of hydrogen-bond donors (Lipinski definition) is 5. The van der Waals surface area contributed by atoms with Gasteiger partial charge >= 0.3 is 0 Å². The van der Waals surface area contributed by atoms with Crippen LogP contribution >= 0.6 is 24.0 Å². The van der Waals surface area contributed by atoms with Crippen molar-refractivity contribution in [2.75, 3.05) is 31.2 Å². The third-order valence-electron chi connectivity index (χ3n) is 3.80. The SMILES string of the molecule is Cl.NC(=NCCCCc1ccc(OCCO)cc1)NC(=O)c1nc(Cl)c(N)nc1N. The highest BCUT2D eigenvalue weighted by atomic mass is 35.5. The van der Waals surface area contributed by atoms with Gasteiger partial charge in [0.1, 0.15) is 12.4 Å². The minimum absolute atomic E-state index is 0. The summed E-state index contributed by atoms with van der Waals surface area (Å²) in [7, 11) is 0. The van der Waals surface area contributed by atoms with Gasteiger partial charge in [-0.05, 0) is 37.0 Å². The van der Waals surface area contributed by atoms with E-state index in [9.17, 15) is 4.79 Å². The minimum Gasteiger partial charge on any atom is -0.491 e. The minimum atomic E-state index is -0.665. The summed E-state index contributed by atoms with van der Waals surface area (Å²) in [4.78, 5) is 23.8. The van der Waals surface area contributed by atoms with Crippen LogP contribution in [0.5, 0.6) is 5.75 Å². The van der Waals surface area contributed by atoms with Gasteiger partial charge < -0.3 is 27.0 Å². The maximum atomic E-state index is 12.1. The number of amides is 1. The van der Waals surface area contributed by atoms with Crippen molar-refractivity contribution in [1.82, 2.24) is 15.3 Å². The Morgan fingerprint density at radius 3 is 2.53 bits per heavy atom. The number of nitrogens with one attached hydrogen (secondary N) is 1. The summed E-state index contributed by atoms with van der Waals surface area (Å²) in [6, 6.07) is 7.70. The predicted octanol–water partition coefficient (Wildman–Crippen LogP) is 1.15. The molecule has 164 valence electrons. The van der Waals surface area contributed by atoms with Crippen LogP contribution in [0.4, 0.5) is 11.6 Å². The fourth-order valence-corrected chi connectivity index (χ4v) is 2.51. The molecule has 1 aromatic heterocycles. The highest BCUT2D eigenvalue weighted by molar-refractivity contribution is 6.31. The molecule has 0 fully saturated rings. The molecule has 0 aliphatic heterocycles. The first-order chi connectivity index (χ1) is 13.9. The number of halogens is 2. The van der Waals surface area contributed by atoms with E-state index in [1.54, 1.807) is 0 Å². The largest absolute Gasteiger partial charge is 0.491 e. The van der Waals surface area contributed by atoms with E-state index >= 15 is 0 Å². The van der Waals surface area contributed by atoms with Crippen LogP contribution in [-0.2, 0) is 6.42 Å².